The van der Waals surface area contributed by atoms with Crippen LogP contribution in [-0.4, -0.2) is 53.4 Å². The summed E-state index contributed by atoms with van der Waals surface area (Å²) in [6, 6.07) is 19.5. The number of carbonyl (C=O) groups excluding carboxylic acids is 1. The maximum absolute atomic E-state index is 14.8. The highest BCUT2D eigenvalue weighted by Gasteiger charge is 2.52. The highest BCUT2D eigenvalue weighted by atomic mass is 35.5. The van der Waals surface area contributed by atoms with Gasteiger partial charge in [-0.1, -0.05) is 67.4 Å². The minimum atomic E-state index is -3.37. The van der Waals surface area contributed by atoms with Crippen molar-refractivity contribution in [2.75, 3.05) is 18.8 Å². The van der Waals surface area contributed by atoms with Gasteiger partial charge in [0.2, 0.25) is 21.5 Å². The molecular weight excluding hydrogens is 581 g/mol. The van der Waals surface area contributed by atoms with Crippen molar-refractivity contribution in [1.82, 2.24) is 14.2 Å². The van der Waals surface area contributed by atoms with Crippen molar-refractivity contribution in [1.29, 1.82) is 0 Å². The number of aromatic amines is 1. The number of aromatic nitrogens is 1. The largest absolute Gasteiger partial charge is 0.330 e. The predicted molar refractivity (Wildman–Crippen MR) is 163 cm³/mol. The van der Waals surface area contributed by atoms with Crippen molar-refractivity contribution in [3.8, 4) is 0 Å². The van der Waals surface area contributed by atoms with E-state index in [-0.39, 0.29) is 41.8 Å². The number of benzene rings is 2. The lowest BCUT2D eigenvalue weighted by Crippen LogP contribution is -2.58. The number of H-pyrrole nitrogens is 1. The zero-order valence-electron chi connectivity index (χ0n) is 23.2. The van der Waals surface area contributed by atoms with E-state index in [2.05, 4.69) is 4.98 Å². The number of nitrogens with zero attached hydrogens (tertiary/aromatic N) is 2. The number of piperidine rings is 1. The third-order valence-electron chi connectivity index (χ3n) is 8.48. The molecule has 0 bridgehead atoms. The van der Waals surface area contributed by atoms with Crippen molar-refractivity contribution in [3.63, 3.8) is 0 Å². The second-order valence-corrected chi connectivity index (χ2v) is 14.4. The van der Waals surface area contributed by atoms with Crippen LogP contribution in [0.4, 0.5) is 0 Å². The molecule has 2 aliphatic heterocycles. The molecule has 0 aliphatic carbocycles. The number of nitrogens with one attached hydrogen (secondary N) is 1. The number of pyridine rings is 1. The van der Waals surface area contributed by atoms with Crippen molar-refractivity contribution in [3.05, 3.63) is 104 Å². The summed E-state index contributed by atoms with van der Waals surface area (Å²) in [4.78, 5) is 31.7. The smallest absolute Gasteiger partial charge is 0.248 e. The van der Waals surface area contributed by atoms with Crippen LogP contribution in [0.3, 0.4) is 0 Å². The summed E-state index contributed by atoms with van der Waals surface area (Å²) in [7, 11) is -3.37. The van der Waals surface area contributed by atoms with E-state index >= 15 is 0 Å². The molecule has 0 radical (unpaired) electrons. The Morgan fingerprint density at radius 3 is 2.37 bits per heavy atom. The lowest BCUT2D eigenvalue weighted by Gasteiger charge is -2.52. The fourth-order valence-corrected chi connectivity index (χ4v) is 8.39. The fourth-order valence-electron chi connectivity index (χ4n) is 6.51. The number of hydrogen-bond acceptors (Lipinski definition) is 4. The van der Waals surface area contributed by atoms with E-state index in [1.807, 2.05) is 73.3 Å². The van der Waals surface area contributed by atoms with Gasteiger partial charge in [-0.05, 0) is 60.7 Å². The molecule has 2 aliphatic rings. The lowest BCUT2D eigenvalue weighted by atomic mass is 9.66. The first-order valence-corrected chi connectivity index (χ1v) is 16.4. The number of halogens is 2. The van der Waals surface area contributed by atoms with Crippen molar-refractivity contribution in [2.45, 2.75) is 57.5 Å². The van der Waals surface area contributed by atoms with Gasteiger partial charge in [0.1, 0.15) is 0 Å². The normalized spacial score (nSPS) is 25.4. The van der Waals surface area contributed by atoms with Gasteiger partial charge in [-0.15, -0.1) is 0 Å². The highest BCUT2D eigenvalue weighted by molar-refractivity contribution is 7.89. The van der Waals surface area contributed by atoms with E-state index in [1.54, 1.807) is 6.07 Å². The molecule has 3 heterocycles. The van der Waals surface area contributed by atoms with Crippen LogP contribution in [0, 0.1) is 5.41 Å². The molecule has 1 unspecified atom stereocenters. The van der Waals surface area contributed by atoms with Crippen LogP contribution in [0.5, 0.6) is 0 Å². The zero-order chi connectivity index (χ0) is 29.4. The third-order valence-corrected chi connectivity index (χ3v) is 10.9. The molecule has 5 rings (SSSR count). The Kier molecular flexibility index (Phi) is 8.67. The Morgan fingerprint density at radius 1 is 1.00 bits per heavy atom. The molecule has 0 saturated carbocycles. The highest BCUT2D eigenvalue weighted by Crippen LogP contribution is 2.52. The average molecular weight is 617 g/mol. The Bertz CT molecular complexity index is 1580. The van der Waals surface area contributed by atoms with Gasteiger partial charge in [0, 0.05) is 53.3 Å². The van der Waals surface area contributed by atoms with Gasteiger partial charge < -0.3 is 9.88 Å². The number of carbonyl (C=O) groups is 1. The summed E-state index contributed by atoms with van der Waals surface area (Å²) < 4.78 is 27.2. The van der Waals surface area contributed by atoms with Gasteiger partial charge >= 0.3 is 0 Å². The molecule has 7 nitrogen and oxygen atoms in total. The predicted octanol–water partition coefficient (Wildman–Crippen LogP) is 5.80. The molecule has 2 saturated heterocycles. The van der Waals surface area contributed by atoms with Gasteiger partial charge in [0.15, 0.2) is 0 Å². The van der Waals surface area contributed by atoms with Crippen molar-refractivity contribution < 1.29 is 13.2 Å². The summed E-state index contributed by atoms with van der Waals surface area (Å²) in [5, 5.41) is 1.19. The van der Waals surface area contributed by atoms with Crippen LogP contribution in [0.2, 0.25) is 10.0 Å². The molecular formula is C31H35Cl2N3O4S. The van der Waals surface area contributed by atoms with Crippen molar-refractivity contribution in [2.24, 2.45) is 5.41 Å². The maximum Gasteiger partial charge on any atom is 0.248 e. The molecule has 10 heteroatoms. The first kappa shape index (κ1) is 29.8. The van der Waals surface area contributed by atoms with Crippen LogP contribution in [0.25, 0.3) is 0 Å². The van der Waals surface area contributed by atoms with Crippen LogP contribution < -0.4 is 5.56 Å². The number of hydrogen-bond donors (Lipinski definition) is 1. The molecule has 3 aromatic rings. The summed E-state index contributed by atoms with van der Waals surface area (Å²) in [6.07, 6.45) is 1.99. The van der Waals surface area contributed by atoms with E-state index < -0.39 is 15.4 Å². The van der Waals surface area contributed by atoms with E-state index in [0.717, 1.165) is 11.1 Å². The number of sulfonamides is 1. The Morgan fingerprint density at radius 2 is 1.73 bits per heavy atom. The number of likely N-dealkylation sites (tertiary alicyclic amines) is 1. The van der Waals surface area contributed by atoms with Crippen LogP contribution >= 0.6 is 23.2 Å². The molecule has 1 N–H and O–H groups in total. The SMILES string of the molecule is CCC(CN1CCCS1(=O)=O)N1C(=O)[C@](C)(Cc2cccc(=O)[nH]2)C[C@H](c2cccc(Cl)c2)[C@H]1c1ccc(Cl)cc1. The van der Waals surface area contributed by atoms with E-state index in [4.69, 9.17) is 23.2 Å². The minimum Gasteiger partial charge on any atom is -0.330 e. The van der Waals surface area contributed by atoms with E-state index in [1.165, 1.54) is 10.4 Å². The third kappa shape index (κ3) is 6.26. The first-order chi connectivity index (χ1) is 19.5. The summed E-state index contributed by atoms with van der Waals surface area (Å²) in [5.74, 6) is -0.0940. The topological polar surface area (TPSA) is 90.6 Å². The van der Waals surface area contributed by atoms with E-state index in [0.29, 0.717) is 48.0 Å². The molecule has 41 heavy (non-hydrogen) atoms. The molecule has 1 amide bonds. The maximum atomic E-state index is 14.8. The average Bonchev–Trinajstić information content (AvgIpc) is 3.26. The van der Waals surface area contributed by atoms with E-state index in [9.17, 15) is 18.0 Å². The Labute approximate surface area is 251 Å². The monoisotopic (exact) mass is 615 g/mol. The first-order valence-electron chi connectivity index (χ1n) is 14.0. The second kappa shape index (κ2) is 11.9. The fraction of sp³-hybridized carbons (Fsp3) is 0.419. The minimum absolute atomic E-state index is 0.0659. The van der Waals surface area contributed by atoms with Gasteiger partial charge in [0.05, 0.1) is 17.2 Å². The zero-order valence-corrected chi connectivity index (χ0v) is 25.6. The molecule has 2 fully saturated rings. The van der Waals surface area contributed by atoms with Crippen LogP contribution in [0.1, 0.15) is 61.9 Å². The molecule has 218 valence electrons. The second-order valence-electron chi connectivity index (χ2n) is 11.4. The van der Waals surface area contributed by atoms with Crippen molar-refractivity contribution >= 4 is 39.1 Å². The molecule has 2 aromatic carbocycles. The summed E-state index contributed by atoms with van der Waals surface area (Å²) >= 11 is 12.8. The van der Waals surface area contributed by atoms with Crippen LogP contribution in [0.15, 0.2) is 71.5 Å². The molecule has 1 aromatic heterocycles. The molecule has 0 spiro atoms. The summed E-state index contributed by atoms with van der Waals surface area (Å²) in [6.45, 7) is 4.62. The molecule has 4 atom stereocenters. The van der Waals surface area contributed by atoms with Crippen LogP contribution in [-0.2, 0) is 21.2 Å². The Balaban J connectivity index is 1.66. The number of rotatable bonds is 8. The Hall–Kier alpha value is -2.65. The van der Waals surface area contributed by atoms with Gasteiger partial charge in [-0.3, -0.25) is 9.59 Å². The standard InChI is InChI=1S/C31H35Cl2N3O4S/c1-3-26(20-35-15-6-16-41(35,39)40)36-29(21-11-13-23(32)14-12-21)27(22-7-4-8-24(33)17-22)19-31(2,30(36)38)18-25-9-5-10-28(37)34-25/h4-5,7-14,17,26-27,29H,3,6,15-16,18-20H2,1-2H3,(H,34,37)/t26?,27-,29-,31-/m1/s1. The van der Waals surface area contributed by atoms with Gasteiger partial charge in [0.25, 0.3) is 0 Å². The number of amides is 1. The summed E-state index contributed by atoms with van der Waals surface area (Å²) in [5.41, 5.74) is 1.50. The quantitative estimate of drug-likeness (QED) is 0.347. The lowest BCUT2D eigenvalue weighted by molar-refractivity contribution is -0.155. The van der Waals surface area contributed by atoms with Gasteiger partial charge in [-0.25, -0.2) is 8.42 Å². The van der Waals surface area contributed by atoms with Gasteiger partial charge in [-0.2, -0.15) is 4.31 Å².